The second-order valence-corrected chi connectivity index (χ2v) is 5.58. The molecule has 2 fully saturated rings. The molecule has 0 aromatic heterocycles. The summed E-state index contributed by atoms with van der Waals surface area (Å²) < 4.78 is 0. The van der Waals surface area contributed by atoms with Crippen LogP contribution < -0.4 is 5.32 Å². The zero-order valence-corrected chi connectivity index (χ0v) is 12.7. The Hall–Kier alpha value is -1.57. The number of rotatable bonds is 2. The molecule has 2 heterocycles. The molecule has 2 aliphatic rings. The van der Waals surface area contributed by atoms with Crippen LogP contribution in [0.25, 0.3) is 0 Å². The maximum atomic E-state index is 12.5. The lowest BCUT2D eigenvalue weighted by Crippen LogP contribution is -2.45. The van der Waals surface area contributed by atoms with E-state index < -0.39 is 0 Å². The second-order valence-electron chi connectivity index (χ2n) is 5.58. The molecular formula is C16H20ClN3O. The molecule has 2 saturated heterocycles. The average molecular weight is 306 g/mol. The van der Waals surface area contributed by atoms with Gasteiger partial charge < -0.3 is 4.90 Å². The van der Waals surface area contributed by atoms with E-state index >= 15 is 0 Å². The molecule has 0 aliphatic carbocycles. The summed E-state index contributed by atoms with van der Waals surface area (Å²) in [4.78, 5) is 14.3. The highest BCUT2D eigenvalue weighted by Crippen LogP contribution is 2.28. The first-order valence-electron chi connectivity index (χ1n) is 7.30. The van der Waals surface area contributed by atoms with Crippen LogP contribution in [-0.4, -0.2) is 29.4 Å². The molecule has 2 aliphatic heterocycles. The van der Waals surface area contributed by atoms with Gasteiger partial charge in [0.25, 0.3) is 0 Å². The first kappa shape index (κ1) is 15.8. The fourth-order valence-corrected chi connectivity index (χ4v) is 3.25. The SMILES string of the molecule is Cl.N#C[C@@H]1CCCN1C(=O)C1CC[C@H](c2ccccc2)N1. The Balaban J connectivity index is 0.00000161. The summed E-state index contributed by atoms with van der Waals surface area (Å²) in [6, 6.07) is 12.4. The third kappa shape index (κ3) is 3.20. The van der Waals surface area contributed by atoms with Crippen molar-refractivity contribution in [3.05, 3.63) is 35.9 Å². The summed E-state index contributed by atoms with van der Waals surface area (Å²) in [7, 11) is 0. The maximum Gasteiger partial charge on any atom is 0.240 e. The van der Waals surface area contributed by atoms with Crippen molar-refractivity contribution in [2.45, 2.75) is 43.8 Å². The number of halogens is 1. The van der Waals surface area contributed by atoms with Gasteiger partial charge in [-0.05, 0) is 31.2 Å². The van der Waals surface area contributed by atoms with Gasteiger partial charge in [0.05, 0.1) is 12.1 Å². The molecule has 1 amide bonds. The van der Waals surface area contributed by atoms with Gasteiger partial charge in [-0.1, -0.05) is 30.3 Å². The van der Waals surface area contributed by atoms with E-state index in [2.05, 4.69) is 23.5 Å². The van der Waals surface area contributed by atoms with Gasteiger partial charge in [-0.2, -0.15) is 5.26 Å². The monoisotopic (exact) mass is 305 g/mol. The van der Waals surface area contributed by atoms with Crippen molar-refractivity contribution in [2.24, 2.45) is 0 Å². The van der Waals surface area contributed by atoms with Crippen LogP contribution in [0.3, 0.4) is 0 Å². The minimum absolute atomic E-state index is 0. The number of amides is 1. The molecule has 21 heavy (non-hydrogen) atoms. The summed E-state index contributed by atoms with van der Waals surface area (Å²) in [5.74, 6) is 0.104. The van der Waals surface area contributed by atoms with E-state index in [0.29, 0.717) is 0 Å². The molecular weight excluding hydrogens is 286 g/mol. The number of benzene rings is 1. The largest absolute Gasteiger partial charge is 0.325 e. The first-order chi connectivity index (χ1) is 9.79. The fraction of sp³-hybridized carbons (Fsp3) is 0.500. The summed E-state index contributed by atoms with van der Waals surface area (Å²) in [6.07, 6.45) is 3.59. The zero-order valence-electron chi connectivity index (χ0n) is 11.9. The Morgan fingerprint density at radius 2 is 2.00 bits per heavy atom. The third-order valence-electron chi connectivity index (χ3n) is 4.33. The van der Waals surface area contributed by atoms with Crippen LogP contribution in [0, 0.1) is 11.3 Å². The van der Waals surface area contributed by atoms with Crippen molar-refractivity contribution >= 4 is 18.3 Å². The Kier molecular flexibility index (Phi) is 5.22. The molecule has 0 spiro atoms. The van der Waals surface area contributed by atoms with E-state index in [1.807, 2.05) is 18.2 Å². The number of nitrogens with one attached hydrogen (secondary N) is 1. The van der Waals surface area contributed by atoms with Crippen LogP contribution in [0.2, 0.25) is 0 Å². The van der Waals surface area contributed by atoms with Crippen LogP contribution >= 0.6 is 12.4 Å². The first-order valence-corrected chi connectivity index (χ1v) is 7.30. The molecule has 4 nitrogen and oxygen atoms in total. The second kappa shape index (κ2) is 6.93. The molecule has 0 bridgehead atoms. The van der Waals surface area contributed by atoms with Crippen LogP contribution in [0.15, 0.2) is 30.3 Å². The van der Waals surface area contributed by atoms with Crippen LogP contribution in [0.4, 0.5) is 0 Å². The smallest absolute Gasteiger partial charge is 0.240 e. The van der Waals surface area contributed by atoms with Gasteiger partial charge in [0.15, 0.2) is 0 Å². The van der Waals surface area contributed by atoms with Gasteiger partial charge in [-0.25, -0.2) is 0 Å². The molecule has 0 saturated carbocycles. The molecule has 0 radical (unpaired) electrons. The van der Waals surface area contributed by atoms with Crippen molar-refractivity contribution in [1.82, 2.24) is 10.2 Å². The van der Waals surface area contributed by atoms with E-state index in [1.165, 1.54) is 5.56 Å². The molecule has 1 unspecified atom stereocenters. The number of likely N-dealkylation sites (tertiary alicyclic amines) is 1. The van der Waals surface area contributed by atoms with Crippen LogP contribution in [-0.2, 0) is 4.79 Å². The number of carbonyl (C=O) groups is 1. The average Bonchev–Trinajstić information content (AvgIpc) is 3.16. The minimum Gasteiger partial charge on any atom is -0.325 e. The third-order valence-corrected chi connectivity index (χ3v) is 4.33. The van der Waals surface area contributed by atoms with E-state index in [9.17, 15) is 4.79 Å². The van der Waals surface area contributed by atoms with Gasteiger partial charge >= 0.3 is 0 Å². The van der Waals surface area contributed by atoms with Crippen LogP contribution in [0.5, 0.6) is 0 Å². The van der Waals surface area contributed by atoms with Gasteiger partial charge in [-0.3, -0.25) is 10.1 Å². The molecule has 3 rings (SSSR count). The number of nitrogens with zero attached hydrogens (tertiary/aromatic N) is 2. The predicted molar refractivity (Wildman–Crippen MR) is 82.9 cm³/mol. The molecule has 3 atom stereocenters. The molecule has 112 valence electrons. The number of hydrogen-bond donors (Lipinski definition) is 1. The van der Waals surface area contributed by atoms with E-state index in [-0.39, 0.29) is 36.4 Å². The molecule has 5 heteroatoms. The molecule has 1 N–H and O–H groups in total. The van der Waals surface area contributed by atoms with Crippen molar-refractivity contribution in [1.29, 1.82) is 5.26 Å². The fourth-order valence-electron chi connectivity index (χ4n) is 3.25. The van der Waals surface area contributed by atoms with Crippen molar-refractivity contribution in [2.75, 3.05) is 6.54 Å². The van der Waals surface area contributed by atoms with E-state index in [1.54, 1.807) is 4.90 Å². The number of hydrogen-bond acceptors (Lipinski definition) is 3. The predicted octanol–water partition coefficient (Wildman–Crippen LogP) is 2.42. The van der Waals surface area contributed by atoms with E-state index in [0.717, 1.165) is 32.2 Å². The van der Waals surface area contributed by atoms with E-state index in [4.69, 9.17) is 5.26 Å². The van der Waals surface area contributed by atoms with Crippen molar-refractivity contribution in [3.8, 4) is 6.07 Å². The Morgan fingerprint density at radius 3 is 2.71 bits per heavy atom. The highest BCUT2D eigenvalue weighted by Gasteiger charge is 2.36. The standard InChI is InChI=1S/C16H19N3O.ClH/c17-11-13-7-4-10-19(13)16(20)15-9-8-14(18-15)12-5-2-1-3-6-12;/h1-3,5-6,13-15,18H,4,7-10H2;1H/t13-,14+,15?;/m0./s1. The van der Waals surface area contributed by atoms with Gasteiger partial charge in [0.2, 0.25) is 5.91 Å². The molecule has 1 aromatic rings. The van der Waals surface area contributed by atoms with Gasteiger partial charge in [0.1, 0.15) is 6.04 Å². The Morgan fingerprint density at radius 1 is 1.24 bits per heavy atom. The van der Waals surface area contributed by atoms with Gasteiger partial charge in [-0.15, -0.1) is 12.4 Å². The summed E-state index contributed by atoms with van der Waals surface area (Å²) in [5, 5.41) is 12.5. The normalized spacial score (nSPS) is 28.0. The Labute approximate surface area is 131 Å². The lowest BCUT2D eigenvalue weighted by molar-refractivity contribution is -0.133. The number of nitriles is 1. The minimum atomic E-state index is -0.222. The highest BCUT2D eigenvalue weighted by atomic mass is 35.5. The topological polar surface area (TPSA) is 56.1 Å². The summed E-state index contributed by atoms with van der Waals surface area (Å²) in [6.45, 7) is 0.727. The molecule has 1 aromatic carbocycles. The van der Waals surface area contributed by atoms with Gasteiger partial charge in [0, 0.05) is 12.6 Å². The Bertz CT molecular complexity index is 528. The van der Waals surface area contributed by atoms with Crippen molar-refractivity contribution in [3.63, 3.8) is 0 Å². The lowest BCUT2D eigenvalue weighted by Gasteiger charge is -2.24. The van der Waals surface area contributed by atoms with Crippen molar-refractivity contribution < 1.29 is 4.79 Å². The zero-order chi connectivity index (χ0) is 13.9. The highest BCUT2D eigenvalue weighted by molar-refractivity contribution is 5.85. The van der Waals surface area contributed by atoms with Crippen LogP contribution in [0.1, 0.15) is 37.3 Å². The summed E-state index contributed by atoms with van der Waals surface area (Å²) in [5.41, 5.74) is 1.24. The summed E-state index contributed by atoms with van der Waals surface area (Å²) >= 11 is 0. The maximum absolute atomic E-state index is 12.5. The number of carbonyl (C=O) groups excluding carboxylic acids is 1. The lowest BCUT2D eigenvalue weighted by atomic mass is 10.1. The quantitative estimate of drug-likeness (QED) is 0.913.